The van der Waals surface area contributed by atoms with E-state index in [4.69, 9.17) is 4.74 Å². The van der Waals surface area contributed by atoms with Gasteiger partial charge in [0.15, 0.2) is 0 Å². The smallest absolute Gasteiger partial charge is 0.305 e. The second kappa shape index (κ2) is 8.02. The summed E-state index contributed by atoms with van der Waals surface area (Å²) in [5.74, 6) is 3.84. The average Bonchev–Trinajstić information content (AvgIpc) is 3.04. The van der Waals surface area contributed by atoms with Gasteiger partial charge in [0, 0.05) is 6.42 Å². The fraction of sp³-hybridized carbons (Fsp3) is 0.885. The molecule has 3 saturated carbocycles. The van der Waals surface area contributed by atoms with Crippen molar-refractivity contribution in [2.45, 2.75) is 98.0 Å². The van der Waals surface area contributed by atoms with E-state index in [0.717, 1.165) is 36.5 Å². The van der Waals surface area contributed by atoms with Gasteiger partial charge in [-0.3, -0.25) is 4.79 Å². The molecule has 0 aromatic heterocycles. The lowest BCUT2D eigenvalue weighted by Gasteiger charge is -2.59. The fourth-order valence-electron chi connectivity index (χ4n) is 8.47. The first-order valence-corrected chi connectivity index (χ1v) is 12.3. The van der Waals surface area contributed by atoms with Crippen LogP contribution in [0.5, 0.6) is 0 Å². The van der Waals surface area contributed by atoms with Crippen LogP contribution < -0.4 is 0 Å². The molecule has 164 valence electrons. The Balaban J connectivity index is 1.47. The van der Waals surface area contributed by atoms with E-state index in [0.29, 0.717) is 29.8 Å². The van der Waals surface area contributed by atoms with E-state index in [-0.39, 0.29) is 12.1 Å². The highest BCUT2D eigenvalue weighted by atomic mass is 16.5. The third-order valence-corrected chi connectivity index (χ3v) is 9.96. The fourth-order valence-corrected chi connectivity index (χ4v) is 8.47. The van der Waals surface area contributed by atoms with Gasteiger partial charge in [-0.15, -0.1) is 0 Å². The lowest BCUT2D eigenvalue weighted by molar-refractivity contribution is -0.143. The Kier molecular flexibility index (Phi) is 5.92. The summed E-state index contributed by atoms with van der Waals surface area (Å²) >= 11 is 0. The van der Waals surface area contributed by atoms with E-state index in [1.165, 1.54) is 44.9 Å². The number of ether oxygens (including phenoxy) is 1. The third kappa shape index (κ3) is 3.60. The van der Waals surface area contributed by atoms with Gasteiger partial charge in [0.25, 0.3) is 0 Å². The molecule has 3 nitrogen and oxygen atoms in total. The van der Waals surface area contributed by atoms with Gasteiger partial charge in [-0.05, 0) is 105 Å². The van der Waals surface area contributed by atoms with Gasteiger partial charge in [0.1, 0.15) is 0 Å². The number of fused-ring (bicyclic) bond motifs is 5. The zero-order valence-corrected chi connectivity index (χ0v) is 19.1. The van der Waals surface area contributed by atoms with Crippen LogP contribution in [0.2, 0.25) is 0 Å². The summed E-state index contributed by atoms with van der Waals surface area (Å²) < 4.78 is 5.16. The van der Waals surface area contributed by atoms with Crippen molar-refractivity contribution < 1.29 is 14.6 Å². The highest BCUT2D eigenvalue weighted by molar-refractivity contribution is 5.69. The molecule has 0 radical (unpaired) electrons. The van der Waals surface area contributed by atoms with Gasteiger partial charge in [-0.1, -0.05) is 32.4 Å². The normalized spacial score (nSPS) is 44.9. The first-order chi connectivity index (χ1) is 13.8. The van der Waals surface area contributed by atoms with Crippen molar-refractivity contribution in [3.63, 3.8) is 0 Å². The Morgan fingerprint density at radius 1 is 1.17 bits per heavy atom. The highest BCUT2D eigenvalue weighted by Gasteiger charge is 2.59. The van der Waals surface area contributed by atoms with Crippen molar-refractivity contribution in [2.75, 3.05) is 6.61 Å². The molecule has 0 aliphatic heterocycles. The van der Waals surface area contributed by atoms with Crippen molar-refractivity contribution in [3.05, 3.63) is 11.6 Å². The standard InChI is InChI=1S/C26H42O3/c1-5-29-24(28)11-6-17(2)21-9-10-22-20-8-7-18-16-19(27)12-14-25(18,3)23(20)13-15-26(21,22)4/h16-17,19-23,27H,5-15H2,1-4H3. The van der Waals surface area contributed by atoms with Crippen LogP contribution in [0.25, 0.3) is 0 Å². The average molecular weight is 403 g/mol. The number of carbonyl (C=O) groups excluding carboxylic acids is 1. The van der Waals surface area contributed by atoms with E-state index in [2.05, 4.69) is 26.8 Å². The molecule has 3 fully saturated rings. The van der Waals surface area contributed by atoms with Crippen LogP contribution in [0.15, 0.2) is 11.6 Å². The molecule has 4 aliphatic rings. The van der Waals surface area contributed by atoms with Gasteiger partial charge in [-0.25, -0.2) is 0 Å². The molecule has 0 amide bonds. The van der Waals surface area contributed by atoms with Gasteiger partial charge < -0.3 is 9.84 Å². The maximum atomic E-state index is 11.9. The largest absolute Gasteiger partial charge is 0.466 e. The van der Waals surface area contributed by atoms with Crippen LogP contribution in [0, 0.1) is 40.4 Å². The van der Waals surface area contributed by atoms with Crippen LogP contribution >= 0.6 is 0 Å². The minimum Gasteiger partial charge on any atom is -0.466 e. The van der Waals surface area contributed by atoms with Gasteiger partial charge >= 0.3 is 5.97 Å². The van der Waals surface area contributed by atoms with E-state index >= 15 is 0 Å². The lowest BCUT2D eigenvalue weighted by atomic mass is 9.46. The molecular formula is C26H42O3. The third-order valence-electron chi connectivity index (χ3n) is 9.96. The van der Waals surface area contributed by atoms with E-state index < -0.39 is 0 Å². The maximum Gasteiger partial charge on any atom is 0.305 e. The lowest BCUT2D eigenvalue weighted by Crippen LogP contribution is -2.51. The number of rotatable bonds is 5. The van der Waals surface area contributed by atoms with Crippen LogP contribution in [-0.4, -0.2) is 23.8 Å². The zero-order chi connectivity index (χ0) is 20.8. The monoisotopic (exact) mass is 402 g/mol. The number of hydrogen-bond donors (Lipinski definition) is 1. The predicted molar refractivity (Wildman–Crippen MR) is 116 cm³/mol. The second-order valence-electron chi connectivity index (χ2n) is 11.2. The number of aliphatic hydroxyl groups is 1. The van der Waals surface area contributed by atoms with Crippen molar-refractivity contribution in [3.8, 4) is 0 Å². The Morgan fingerprint density at radius 3 is 2.72 bits per heavy atom. The van der Waals surface area contributed by atoms with Crippen molar-refractivity contribution in [1.29, 1.82) is 0 Å². The van der Waals surface area contributed by atoms with Gasteiger partial charge in [0.05, 0.1) is 12.7 Å². The summed E-state index contributed by atoms with van der Waals surface area (Å²) in [5, 5.41) is 10.2. The molecule has 0 aromatic carbocycles. The first kappa shape index (κ1) is 21.4. The van der Waals surface area contributed by atoms with E-state index in [9.17, 15) is 9.90 Å². The SMILES string of the molecule is CCOC(=O)CCC(C)C1CCC2C3CCC4=CC(O)CCC4(C)C3CCC12C. The topological polar surface area (TPSA) is 46.5 Å². The molecule has 0 aromatic rings. The van der Waals surface area contributed by atoms with E-state index in [1.54, 1.807) is 5.57 Å². The number of carbonyl (C=O) groups is 1. The maximum absolute atomic E-state index is 11.9. The first-order valence-electron chi connectivity index (χ1n) is 12.3. The molecule has 4 rings (SSSR count). The van der Waals surface area contributed by atoms with Gasteiger partial charge in [-0.2, -0.15) is 0 Å². The Morgan fingerprint density at radius 2 is 1.97 bits per heavy atom. The Labute approximate surface area is 177 Å². The Hall–Kier alpha value is -0.830. The molecule has 3 heteroatoms. The molecule has 0 heterocycles. The molecule has 8 unspecified atom stereocenters. The highest BCUT2D eigenvalue weighted by Crippen LogP contribution is 2.67. The number of hydrogen-bond acceptors (Lipinski definition) is 3. The van der Waals surface area contributed by atoms with Crippen LogP contribution in [-0.2, 0) is 9.53 Å². The van der Waals surface area contributed by atoms with E-state index in [1.807, 2.05) is 6.92 Å². The molecule has 8 atom stereocenters. The van der Waals surface area contributed by atoms with Crippen LogP contribution in [0.3, 0.4) is 0 Å². The minimum atomic E-state index is -0.209. The number of allylic oxidation sites excluding steroid dienone is 1. The van der Waals surface area contributed by atoms with Crippen molar-refractivity contribution in [2.24, 2.45) is 40.4 Å². The van der Waals surface area contributed by atoms with Crippen LogP contribution in [0.4, 0.5) is 0 Å². The molecular weight excluding hydrogens is 360 g/mol. The summed E-state index contributed by atoms with van der Waals surface area (Å²) in [6, 6.07) is 0. The molecule has 0 spiro atoms. The molecule has 4 aliphatic carbocycles. The summed E-state index contributed by atoms with van der Waals surface area (Å²) in [7, 11) is 0. The summed E-state index contributed by atoms with van der Waals surface area (Å²) in [5.41, 5.74) is 2.34. The summed E-state index contributed by atoms with van der Waals surface area (Å²) in [6.07, 6.45) is 13.6. The summed E-state index contributed by atoms with van der Waals surface area (Å²) in [6.45, 7) is 9.87. The molecule has 0 bridgehead atoms. The second-order valence-corrected chi connectivity index (χ2v) is 11.2. The number of aliphatic hydroxyl groups excluding tert-OH is 1. The van der Waals surface area contributed by atoms with Crippen LogP contribution in [0.1, 0.15) is 91.9 Å². The molecule has 0 saturated heterocycles. The molecule has 1 N–H and O–H groups in total. The predicted octanol–water partition coefficient (Wildman–Crippen LogP) is 5.91. The summed E-state index contributed by atoms with van der Waals surface area (Å²) in [4.78, 5) is 11.9. The number of esters is 1. The Bertz CT molecular complexity index is 654. The van der Waals surface area contributed by atoms with Gasteiger partial charge in [0.2, 0.25) is 0 Å². The zero-order valence-electron chi connectivity index (χ0n) is 19.1. The van der Waals surface area contributed by atoms with Crippen molar-refractivity contribution in [1.82, 2.24) is 0 Å². The minimum absolute atomic E-state index is 0.0261. The molecule has 29 heavy (non-hydrogen) atoms. The quantitative estimate of drug-likeness (QED) is 0.459. The van der Waals surface area contributed by atoms with Crippen molar-refractivity contribution >= 4 is 5.97 Å².